The summed E-state index contributed by atoms with van der Waals surface area (Å²) >= 11 is 1.92. The number of carbonyl (C=O) groups is 1. The van der Waals surface area contributed by atoms with E-state index in [1.165, 1.54) is 0 Å². The summed E-state index contributed by atoms with van der Waals surface area (Å²) in [5.74, 6) is 2.76. The second-order valence-electron chi connectivity index (χ2n) is 5.45. The average Bonchev–Trinajstić information content (AvgIpc) is 2.94. The summed E-state index contributed by atoms with van der Waals surface area (Å²) in [5.41, 5.74) is 0.529. The summed E-state index contributed by atoms with van der Waals surface area (Å²) in [7, 11) is 1.55. The van der Waals surface area contributed by atoms with Crippen LogP contribution in [0.2, 0.25) is 0 Å². The summed E-state index contributed by atoms with van der Waals surface area (Å²) in [6.45, 7) is 0.680. The number of carbonyl (C=O) groups excluding carboxylic acids is 1. The third-order valence-corrected chi connectivity index (χ3v) is 5.38. The molecule has 0 N–H and O–H groups in total. The molecule has 2 aliphatic heterocycles. The zero-order chi connectivity index (χ0) is 14.0. The molecule has 4 nitrogen and oxygen atoms in total. The first-order chi connectivity index (χ1) is 9.74. The Morgan fingerprint density at radius 1 is 1.60 bits per heavy atom. The van der Waals surface area contributed by atoms with Crippen LogP contribution in [0.25, 0.3) is 0 Å². The molecule has 0 aromatic carbocycles. The third kappa shape index (κ3) is 2.56. The van der Waals surface area contributed by atoms with Crippen LogP contribution in [0, 0.1) is 5.92 Å². The lowest BCUT2D eigenvalue weighted by atomic mass is 9.81. The topological polar surface area (TPSA) is 48.4 Å². The SMILES string of the molecule is COc1ncccc1C(=O)C1CCOC2(CCSC2)C1. The van der Waals surface area contributed by atoms with Gasteiger partial charge in [0.25, 0.3) is 0 Å². The van der Waals surface area contributed by atoms with Crippen molar-refractivity contribution in [1.29, 1.82) is 0 Å². The van der Waals surface area contributed by atoms with Crippen molar-refractivity contribution in [3.63, 3.8) is 0 Å². The molecule has 1 aromatic rings. The van der Waals surface area contributed by atoms with E-state index in [0.29, 0.717) is 18.1 Å². The lowest BCUT2D eigenvalue weighted by Gasteiger charge is -2.37. The number of aromatic nitrogens is 1. The highest BCUT2D eigenvalue weighted by molar-refractivity contribution is 7.99. The fourth-order valence-corrected chi connectivity index (χ4v) is 4.45. The normalized spacial score (nSPS) is 29.6. The largest absolute Gasteiger partial charge is 0.480 e. The highest BCUT2D eigenvalue weighted by atomic mass is 32.2. The van der Waals surface area contributed by atoms with Crippen molar-refractivity contribution >= 4 is 17.5 Å². The second-order valence-corrected chi connectivity index (χ2v) is 6.55. The second kappa shape index (κ2) is 5.74. The van der Waals surface area contributed by atoms with E-state index in [4.69, 9.17) is 9.47 Å². The molecule has 2 fully saturated rings. The molecule has 3 heterocycles. The Bertz CT molecular complexity index is 500. The Hall–Kier alpha value is -1.07. The highest BCUT2D eigenvalue weighted by Gasteiger charge is 2.42. The molecule has 1 spiro atoms. The first-order valence-electron chi connectivity index (χ1n) is 6.99. The molecule has 2 atom stereocenters. The Labute approximate surface area is 123 Å². The van der Waals surface area contributed by atoms with E-state index in [2.05, 4.69) is 4.98 Å². The van der Waals surface area contributed by atoms with Crippen LogP contribution in [-0.4, -0.2) is 41.6 Å². The maximum absolute atomic E-state index is 12.7. The maximum atomic E-state index is 12.7. The lowest BCUT2D eigenvalue weighted by molar-refractivity contribution is -0.0735. The molecule has 2 aliphatic rings. The van der Waals surface area contributed by atoms with Crippen LogP contribution in [0.1, 0.15) is 29.6 Å². The number of nitrogens with zero attached hydrogens (tertiary/aromatic N) is 1. The summed E-state index contributed by atoms with van der Waals surface area (Å²) in [4.78, 5) is 16.9. The Morgan fingerprint density at radius 3 is 3.25 bits per heavy atom. The van der Waals surface area contributed by atoms with Crippen molar-refractivity contribution in [3.05, 3.63) is 23.9 Å². The fraction of sp³-hybridized carbons (Fsp3) is 0.600. The Morgan fingerprint density at radius 2 is 2.50 bits per heavy atom. The molecule has 0 radical (unpaired) electrons. The molecular formula is C15H19NO3S. The van der Waals surface area contributed by atoms with Crippen molar-refractivity contribution in [2.24, 2.45) is 5.92 Å². The highest BCUT2D eigenvalue weighted by Crippen LogP contribution is 2.41. The first kappa shape index (κ1) is 13.9. The molecule has 1 aromatic heterocycles. The van der Waals surface area contributed by atoms with Crippen LogP contribution >= 0.6 is 11.8 Å². The van der Waals surface area contributed by atoms with Crippen molar-refractivity contribution in [2.75, 3.05) is 25.2 Å². The molecule has 2 saturated heterocycles. The van der Waals surface area contributed by atoms with Crippen molar-refractivity contribution < 1.29 is 14.3 Å². The molecule has 108 valence electrons. The standard InChI is InChI=1S/C15H19NO3S/c1-18-14-12(3-2-6-16-14)13(17)11-4-7-19-15(9-11)5-8-20-10-15/h2-3,6,11H,4-5,7-10H2,1H3. The summed E-state index contributed by atoms with van der Waals surface area (Å²) < 4.78 is 11.2. The van der Waals surface area contributed by atoms with Gasteiger partial charge >= 0.3 is 0 Å². The summed E-state index contributed by atoms with van der Waals surface area (Å²) in [5, 5.41) is 0. The summed E-state index contributed by atoms with van der Waals surface area (Å²) in [6.07, 6.45) is 4.33. The number of ether oxygens (including phenoxy) is 2. The molecule has 5 heteroatoms. The first-order valence-corrected chi connectivity index (χ1v) is 8.14. The Kier molecular flexibility index (Phi) is 3.98. The quantitative estimate of drug-likeness (QED) is 0.802. The van der Waals surface area contributed by atoms with Gasteiger partial charge in [-0.15, -0.1) is 0 Å². The molecule has 0 saturated carbocycles. The number of Topliss-reactive ketones (excluding diaryl/α,β-unsaturated/α-hetero) is 1. The molecule has 3 rings (SSSR count). The van der Waals surface area contributed by atoms with Crippen LogP contribution in [0.3, 0.4) is 0 Å². The zero-order valence-corrected chi connectivity index (χ0v) is 12.4. The van der Waals surface area contributed by atoms with Gasteiger partial charge in [0, 0.05) is 24.5 Å². The van der Waals surface area contributed by atoms with Gasteiger partial charge in [-0.25, -0.2) is 4.98 Å². The van der Waals surface area contributed by atoms with Gasteiger partial charge in [0.2, 0.25) is 5.88 Å². The van der Waals surface area contributed by atoms with E-state index in [1.54, 1.807) is 25.4 Å². The van der Waals surface area contributed by atoms with E-state index < -0.39 is 0 Å². The lowest BCUT2D eigenvalue weighted by Crippen LogP contribution is -2.42. The van der Waals surface area contributed by atoms with E-state index in [1.807, 2.05) is 11.8 Å². The number of ketones is 1. The van der Waals surface area contributed by atoms with E-state index in [0.717, 1.165) is 30.8 Å². The number of thioether (sulfide) groups is 1. The van der Waals surface area contributed by atoms with Crippen LogP contribution in [-0.2, 0) is 4.74 Å². The Balaban J connectivity index is 1.79. The van der Waals surface area contributed by atoms with Crippen molar-refractivity contribution in [1.82, 2.24) is 4.98 Å². The minimum Gasteiger partial charge on any atom is -0.480 e. The van der Waals surface area contributed by atoms with E-state index in [-0.39, 0.29) is 17.3 Å². The van der Waals surface area contributed by atoms with Gasteiger partial charge in [0.15, 0.2) is 5.78 Å². The predicted molar refractivity (Wildman–Crippen MR) is 78.5 cm³/mol. The fourth-order valence-electron chi connectivity index (χ4n) is 3.08. The van der Waals surface area contributed by atoms with Crippen LogP contribution in [0.4, 0.5) is 0 Å². The number of methoxy groups -OCH3 is 1. The van der Waals surface area contributed by atoms with E-state index in [9.17, 15) is 4.79 Å². The number of rotatable bonds is 3. The number of pyridine rings is 1. The van der Waals surface area contributed by atoms with Crippen LogP contribution in [0.15, 0.2) is 18.3 Å². The van der Waals surface area contributed by atoms with Gasteiger partial charge in [-0.05, 0) is 37.1 Å². The molecular weight excluding hydrogens is 274 g/mol. The smallest absolute Gasteiger partial charge is 0.224 e. The molecule has 0 bridgehead atoms. The van der Waals surface area contributed by atoms with Crippen molar-refractivity contribution in [3.8, 4) is 5.88 Å². The molecule has 20 heavy (non-hydrogen) atoms. The monoisotopic (exact) mass is 293 g/mol. The number of hydrogen-bond donors (Lipinski definition) is 0. The van der Waals surface area contributed by atoms with Gasteiger partial charge in [-0.2, -0.15) is 11.8 Å². The maximum Gasteiger partial charge on any atom is 0.224 e. The minimum atomic E-state index is -0.0707. The summed E-state index contributed by atoms with van der Waals surface area (Å²) in [6, 6.07) is 3.59. The van der Waals surface area contributed by atoms with Crippen LogP contribution in [0.5, 0.6) is 5.88 Å². The van der Waals surface area contributed by atoms with Gasteiger partial charge < -0.3 is 9.47 Å². The average molecular weight is 293 g/mol. The van der Waals surface area contributed by atoms with Crippen molar-refractivity contribution in [2.45, 2.75) is 24.9 Å². The van der Waals surface area contributed by atoms with Gasteiger partial charge in [0.1, 0.15) is 0 Å². The van der Waals surface area contributed by atoms with E-state index >= 15 is 0 Å². The van der Waals surface area contributed by atoms with Crippen LogP contribution < -0.4 is 4.74 Å². The molecule has 2 unspecified atom stereocenters. The third-order valence-electron chi connectivity index (χ3n) is 4.16. The zero-order valence-electron chi connectivity index (χ0n) is 11.6. The van der Waals surface area contributed by atoms with Gasteiger partial charge in [-0.3, -0.25) is 4.79 Å². The van der Waals surface area contributed by atoms with Gasteiger partial charge in [0.05, 0.1) is 18.3 Å². The predicted octanol–water partition coefficient (Wildman–Crippen LogP) is 2.58. The molecule has 0 amide bonds. The minimum absolute atomic E-state index is 0.0283. The number of hydrogen-bond acceptors (Lipinski definition) is 5. The van der Waals surface area contributed by atoms with Gasteiger partial charge in [-0.1, -0.05) is 0 Å². The molecule has 0 aliphatic carbocycles.